The van der Waals surface area contributed by atoms with E-state index in [0.717, 1.165) is 25.9 Å². The number of ether oxygens (including phenoxy) is 2. The first-order chi connectivity index (χ1) is 7.86. The molecule has 0 saturated carbocycles. The second kappa shape index (κ2) is 6.01. The lowest BCUT2D eigenvalue weighted by Crippen LogP contribution is -2.09. The zero-order chi connectivity index (χ0) is 11.2. The quantitative estimate of drug-likeness (QED) is 0.586. The predicted octanol–water partition coefficient (Wildman–Crippen LogP) is 2.86. The van der Waals surface area contributed by atoms with Gasteiger partial charge in [0.1, 0.15) is 4.88 Å². The van der Waals surface area contributed by atoms with Crippen LogP contribution in [0.3, 0.4) is 0 Å². The lowest BCUT2D eigenvalue weighted by molar-refractivity contribution is 0.0466. The molecule has 1 aliphatic heterocycles. The van der Waals surface area contributed by atoms with E-state index in [0.29, 0.717) is 17.6 Å². The Morgan fingerprint density at radius 3 is 3.25 bits per heavy atom. The van der Waals surface area contributed by atoms with Crippen molar-refractivity contribution >= 4 is 17.3 Å². The summed E-state index contributed by atoms with van der Waals surface area (Å²) in [5.74, 6) is -0.206. The molecule has 1 aromatic heterocycles. The van der Waals surface area contributed by atoms with E-state index >= 15 is 0 Å². The van der Waals surface area contributed by atoms with E-state index in [4.69, 9.17) is 9.47 Å². The van der Waals surface area contributed by atoms with Gasteiger partial charge in [-0.25, -0.2) is 4.79 Å². The van der Waals surface area contributed by atoms with Crippen molar-refractivity contribution in [3.63, 3.8) is 0 Å². The highest BCUT2D eigenvalue weighted by Crippen LogP contribution is 2.17. The van der Waals surface area contributed by atoms with Gasteiger partial charge in [-0.3, -0.25) is 0 Å². The minimum absolute atomic E-state index is 0.206. The molecule has 4 heteroatoms. The first kappa shape index (κ1) is 11.6. The molecule has 16 heavy (non-hydrogen) atoms. The molecule has 0 N–H and O–H groups in total. The first-order valence-electron chi connectivity index (χ1n) is 5.68. The number of esters is 1. The Bertz CT molecular complexity index is 315. The summed E-state index contributed by atoms with van der Waals surface area (Å²) in [7, 11) is 0. The molecule has 0 bridgehead atoms. The van der Waals surface area contributed by atoms with Gasteiger partial charge in [-0.15, -0.1) is 11.3 Å². The standard InChI is InChI=1S/C12H16O3S/c13-12(11-6-3-9-16-11)15-8-2-5-10-4-1-7-14-10/h3,6,9-10H,1-2,4-5,7-8H2. The van der Waals surface area contributed by atoms with Crippen molar-refractivity contribution in [2.24, 2.45) is 0 Å². The number of hydrogen-bond acceptors (Lipinski definition) is 4. The minimum atomic E-state index is -0.206. The van der Waals surface area contributed by atoms with E-state index in [1.165, 1.54) is 17.8 Å². The van der Waals surface area contributed by atoms with Gasteiger partial charge in [0.25, 0.3) is 0 Å². The summed E-state index contributed by atoms with van der Waals surface area (Å²) in [6.07, 6.45) is 4.60. The fourth-order valence-electron chi connectivity index (χ4n) is 1.81. The van der Waals surface area contributed by atoms with E-state index in [-0.39, 0.29) is 5.97 Å². The summed E-state index contributed by atoms with van der Waals surface area (Å²) < 4.78 is 10.7. The second-order valence-electron chi connectivity index (χ2n) is 3.89. The summed E-state index contributed by atoms with van der Waals surface area (Å²) >= 11 is 1.42. The number of hydrogen-bond donors (Lipinski definition) is 0. The molecule has 0 spiro atoms. The van der Waals surface area contributed by atoms with Crippen molar-refractivity contribution in [2.75, 3.05) is 13.2 Å². The minimum Gasteiger partial charge on any atom is -0.462 e. The average molecular weight is 240 g/mol. The molecule has 0 aromatic carbocycles. The van der Waals surface area contributed by atoms with E-state index < -0.39 is 0 Å². The Morgan fingerprint density at radius 2 is 2.56 bits per heavy atom. The van der Waals surface area contributed by atoms with Gasteiger partial charge in [0.05, 0.1) is 12.7 Å². The van der Waals surface area contributed by atoms with Gasteiger partial charge in [0, 0.05) is 6.61 Å². The summed E-state index contributed by atoms with van der Waals surface area (Å²) in [5.41, 5.74) is 0. The second-order valence-corrected chi connectivity index (χ2v) is 4.84. The van der Waals surface area contributed by atoms with Crippen molar-refractivity contribution in [2.45, 2.75) is 31.8 Å². The third-order valence-corrected chi connectivity index (χ3v) is 3.50. The summed E-state index contributed by atoms with van der Waals surface area (Å²) in [6.45, 7) is 1.39. The highest BCUT2D eigenvalue weighted by atomic mass is 32.1. The Morgan fingerprint density at radius 1 is 1.62 bits per heavy atom. The molecule has 1 aliphatic rings. The zero-order valence-corrected chi connectivity index (χ0v) is 10.0. The Hall–Kier alpha value is -0.870. The molecule has 1 fully saturated rings. The van der Waals surface area contributed by atoms with Crippen molar-refractivity contribution in [1.29, 1.82) is 0 Å². The van der Waals surface area contributed by atoms with E-state index in [2.05, 4.69) is 0 Å². The Labute approximate surface area is 99.4 Å². The number of carbonyl (C=O) groups is 1. The molecule has 1 aromatic rings. The molecule has 1 saturated heterocycles. The smallest absolute Gasteiger partial charge is 0.348 e. The van der Waals surface area contributed by atoms with Crippen LogP contribution < -0.4 is 0 Å². The lowest BCUT2D eigenvalue weighted by atomic mass is 10.1. The predicted molar refractivity (Wildman–Crippen MR) is 62.8 cm³/mol. The van der Waals surface area contributed by atoms with Gasteiger partial charge in [-0.1, -0.05) is 6.07 Å². The van der Waals surface area contributed by atoms with Crippen LogP contribution in [0, 0.1) is 0 Å². The average Bonchev–Trinajstić information content (AvgIpc) is 2.96. The van der Waals surface area contributed by atoms with Crippen LogP contribution in [-0.2, 0) is 9.47 Å². The van der Waals surface area contributed by atoms with Gasteiger partial charge in [0.2, 0.25) is 0 Å². The SMILES string of the molecule is O=C(OCCCC1CCCO1)c1cccs1. The van der Waals surface area contributed by atoms with Gasteiger partial charge >= 0.3 is 5.97 Å². The molecular formula is C12H16O3S. The zero-order valence-electron chi connectivity index (χ0n) is 9.19. The molecule has 2 heterocycles. The van der Waals surface area contributed by atoms with Gasteiger partial charge < -0.3 is 9.47 Å². The topological polar surface area (TPSA) is 35.5 Å². The van der Waals surface area contributed by atoms with Crippen LogP contribution in [-0.4, -0.2) is 25.3 Å². The largest absolute Gasteiger partial charge is 0.462 e. The fraction of sp³-hybridized carbons (Fsp3) is 0.583. The third kappa shape index (κ3) is 3.32. The lowest BCUT2D eigenvalue weighted by Gasteiger charge is -2.08. The van der Waals surface area contributed by atoms with Gasteiger partial charge in [-0.05, 0) is 37.1 Å². The summed E-state index contributed by atoms with van der Waals surface area (Å²) in [4.78, 5) is 12.1. The maximum atomic E-state index is 11.5. The maximum Gasteiger partial charge on any atom is 0.348 e. The van der Waals surface area contributed by atoms with Crippen LogP contribution in [0.25, 0.3) is 0 Å². The molecule has 2 rings (SSSR count). The van der Waals surface area contributed by atoms with E-state index in [9.17, 15) is 4.79 Å². The summed E-state index contributed by atoms with van der Waals surface area (Å²) in [5, 5.41) is 1.88. The molecule has 1 atom stereocenters. The first-order valence-corrected chi connectivity index (χ1v) is 6.56. The maximum absolute atomic E-state index is 11.5. The third-order valence-electron chi connectivity index (χ3n) is 2.65. The highest BCUT2D eigenvalue weighted by Gasteiger charge is 2.15. The normalized spacial score (nSPS) is 19.9. The van der Waals surface area contributed by atoms with Gasteiger partial charge in [-0.2, -0.15) is 0 Å². The molecular weight excluding hydrogens is 224 g/mol. The fourth-order valence-corrected chi connectivity index (χ4v) is 2.43. The van der Waals surface area contributed by atoms with Crippen LogP contribution >= 0.6 is 11.3 Å². The van der Waals surface area contributed by atoms with Crippen LogP contribution in [0.4, 0.5) is 0 Å². The van der Waals surface area contributed by atoms with Crippen LogP contribution in [0.1, 0.15) is 35.4 Å². The van der Waals surface area contributed by atoms with Crippen LogP contribution in [0.5, 0.6) is 0 Å². The highest BCUT2D eigenvalue weighted by molar-refractivity contribution is 7.11. The van der Waals surface area contributed by atoms with Crippen molar-refractivity contribution < 1.29 is 14.3 Å². The monoisotopic (exact) mass is 240 g/mol. The van der Waals surface area contributed by atoms with Crippen LogP contribution in [0.2, 0.25) is 0 Å². The van der Waals surface area contributed by atoms with Crippen molar-refractivity contribution in [3.8, 4) is 0 Å². The van der Waals surface area contributed by atoms with E-state index in [1.54, 1.807) is 6.07 Å². The molecule has 0 amide bonds. The van der Waals surface area contributed by atoms with Gasteiger partial charge in [0.15, 0.2) is 0 Å². The van der Waals surface area contributed by atoms with Crippen molar-refractivity contribution in [3.05, 3.63) is 22.4 Å². The Balaban J connectivity index is 1.59. The van der Waals surface area contributed by atoms with Crippen LogP contribution in [0.15, 0.2) is 17.5 Å². The van der Waals surface area contributed by atoms with E-state index in [1.807, 2.05) is 11.4 Å². The van der Waals surface area contributed by atoms with Crippen molar-refractivity contribution in [1.82, 2.24) is 0 Å². The molecule has 3 nitrogen and oxygen atoms in total. The Kier molecular flexibility index (Phi) is 4.36. The molecule has 1 unspecified atom stereocenters. The number of carbonyl (C=O) groups excluding carboxylic acids is 1. The number of thiophene rings is 1. The molecule has 0 aliphatic carbocycles. The molecule has 0 radical (unpaired) electrons. The summed E-state index contributed by atoms with van der Waals surface area (Å²) in [6, 6.07) is 3.64. The number of rotatable bonds is 5. The molecule has 88 valence electrons.